The third-order valence-corrected chi connectivity index (χ3v) is 5.62. The molecule has 0 radical (unpaired) electrons. The van der Waals surface area contributed by atoms with E-state index in [9.17, 15) is 20.2 Å². The Morgan fingerprint density at radius 1 is 0.406 bits per heavy atom. The van der Waals surface area contributed by atoms with E-state index in [0.29, 0.717) is 0 Å². The molecule has 0 aromatic heterocycles. The van der Waals surface area contributed by atoms with Crippen LogP contribution in [0.2, 0.25) is 0 Å². The summed E-state index contributed by atoms with van der Waals surface area (Å²) in [4.78, 5) is 21.0. The Morgan fingerprint density at radius 3 is 1.12 bits per heavy atom. The predicted octanol–water partition coefficient (Wildman–Crippen LogP) is 7.14. The molecule has 0 spiro atoms. The summed E-state index contributed by atoms with van der Waals surface area (Å²) >= 11 is 0. The minimum absolute atomic E-state index is 0.0688. The van der Waals surface area contributed by atoms with Crippen molar-refractivity contribution in [3.05, 3.63) is 117 Å². The third-order valence-electron chi connectivity index (χ3n) is 5.62. The van der Waals surface area contributed by atoms with Gasteiger partial charge in [0, 0.05) is 24.3 Å². The smallest absolute Gasteiger partial charge is 0.258 e. The second kappa shape index (κ2) is 7.59. The van der Waals surface area contributed by atoms with E-state index in [1.165, 1.54) is 24.3 Å². The summed E-state index contributed by atoms with van der Waals surface area (Å²) in [7, 11) is 0. The topological polar surface area (TPSA) is 86.3 Å². The highest BCUT2D eigenvalue weighted by molar-refractivity contribution is 6.01. The highest BCUT2D eigenvalue weighted by Gasteiger charge is 2.08. The van der Waals surface area contributed by atoms with E-state index in [2.05, 4.69) is 36.4 Å². The van der Waals surface area contributed by atoms with E-state index in [-0.39, 0.29) is 11.4 Å². The van der Waals surface area contributed by atoms with Crippen molar-refractivity contribution in [3.8, 4) is 22.3 Å². The second-order valence-electron chi connectivity index (χ2n) is 7.58. The maximum atomic E-state index is 10.9. The molecule has 0 aliphatic heterocycles. The van der Waals surface area contributed by atoms with Crippen LogP contribution in [0, 0.1) is 20.2 Å². The number of non-ortho nitro benzene ring substituents is 2. The van der Waals surface area contributed by atoms with Crippen molar-refractivity contribution in [3.63, 3.8) is 0 Å². The average Bonchev–Trinajstić information content (AvgIpc) is 2.82. The fraction of sp³-hybridized carbons (Fsp3) is 0. The number of rotatable bonds is 4. The molecule has 0 saturated heterocycles. The molecule has 0 saturated carbocycles. The number of nitrogens with zero attached hydrogens (tertiary/aromatic N) is 2. The minimum Gasteiger partial charge on any atom is -0.258 e. The van der Waals surface area contributed by atoms with Crippen molar-refractivity contribution >= 4 is 32.9 Å². The lowest BCUT2D eigenvalue weighted by atomic mass is 9.96. The van der Waals surface area contributed by atoms with Gasteiger partial charge in [-0.1, -0.05) is 24.3 Å². The number of fused-ring (bicyclic) bond motifs is 2. The maximum absolute atomic E-state index is 10.9. The van der Waals surface area contributed by atoms with E-state index < -0.39 is 9.85 Å². The van der Waals surface area contributed by atoms with E-state index in [4.69, 9.17) is 0 Å². The molecule has 0 unspecified atom stereocenters. The highest BCUT2D eigenvalue weighted by Crippen LogP contribution is 2.31. The van der Waals surface area contributed by atoms with Gasteiger partial charge in [0.1, 0.15) is 0 Å². The molecule has 32 heavy (non-hydrogen) atoms. The molecule has 5 rings (SSSR count). The van der Waals surface area contributed by atoms with Gasteiger partial charge in [-0.25, -0.2) is 0 Å². The lowest BCUT2D eigenvalue weighted by Gasteiger charge is -2.08. The molecule has 0 N–H and O–H groups in total. The summed E-state index contributed by atoms with van der Waals surface area (Å²) < 4.78 is 0. The lowest BCUT2D eigenvalue weighted by Crippen LogP contribution is -1.87. The van der Waals surface area contributed by atoms with Crippen molar-refractivity contribution in [2.24, 2.45) is 0 Å². The fourth-order valence-corrected chi connectivity index (χ4v) is 3.91. The van der Waals surface area contributed by atoms with Gasteiger partial charge in [0.05, 0.1) is 9.85 Å². The quantitative estimate of drug-likeness (QED) is 0.176. The van der Waals surface area contributed by atoms with Gasteiger partial charge < -0.3 is 0 Å². The van der Waals surface area contributed by atoms with Gasteiger partial charge in [-0.2, -0.15) is 0 Å². The molecule has 0 fully saturated rings. The SMILES string of the molecule is O=[N+]([O-])c1ccc(-c2ccc3cc4ccc(-c5ccc([N+](=O)[O-])cc5)cc4cc3c2)cc1. The molecule has 5 aromatic carbocycles. The molecule has 0 amide bonds. The average molecular weight is 420 g/mol. The van der Waals surface area contributed by atoms with Crippen LogP contribution in [0.15, 0.2) is 97.1 Å². The number of nitro groups is 2. The van der Waals surface area contributed by atoms with Gasteiger partial charge >= 0.3 is 0 Å². The summed E-state index contributed by atoms with van der Waals surface area (Å²) in [5.41, 5.74) is 3.93. The summed E-state index contributed by atoms with van der Waals surface area (Å²) in [5, 5.41) is 26.1. The Kier molecular flexibility index (Phi) is 4.60. The third kappa shape index (κ3) is 3.54. The lowest BCUT2D eigenvalue weighted by molar-refractivity contribution is -0.385. The zero-order valence-electron chi connectivity index (χ0n) is 16.8. The van der Waals surface area contributed by atoms with Crippen LogP contribution in [0.1, 0.15) is 0 Å². The van der Waals surface area contributed by atoms with Crippen molar-refractivity contribution in [1.82, 2.24) is 0 Å². The standard InChI is InChI=1S/C26H16N2O4/c29-27(30)25-9-5-17(6-10-25)19-1-3-21-13-22-4-2-20(15-24(22)16-23(21)14-19)18-7-11-26(12-8-18)28(31)32/h1-16H. The zero-order chi connectivity index (χ0) is 22.2. The first-order valence-corrected chi connectivity index (χ1v) is 9.95. The Labute approximate surface area is 182 Å². The van der Waals surface area contributed by atoms with Crippen LogP contribution in [0.25, 0.3) is 43.8 Å². The molecule has 5 aromatic rings. The van der Waals surface area contributed by atoms with Crippen LogP contribution in [-0.2, 0) is 0 Å². The van der Waals surface area contributed by atoms with Gasteiger partial charge in [-0.15, -0.1) is 0 Å². The second-order valence-corrected chi connectivity index (χ2v) is 7.58. The summed E-state index contributed by atoms with van der Waals surface area (Å²) in [6.07, 6.45) is 0. The highest BCUT2D eigenvalue weighted by atomic mass is 16.6. The normalized spacial score (nSPS) is 11.0. The van der Waals surface area contributed by atoms with Crippen molar-refractivity contribution in [2.45, 2.75) is 0 Å². The van der Waals surface area contributed by atoms with Crippen LogP contribution in [0.3, 0.4) is 0 Å². The Morgan fingerprint density at radius 2 is 0.750 bits per heavy atom. The van der Waals surface area contributed by atoms with Crippen molar-refractivity contribution in [1.29, 1.82) is 0 Å². The molecule has 6 nitrogen and oxygen atoms in total. The van der Waals surface area contributed by atoms with Crippen molar-refractivity contribution < 1.29 is 9.85 Å². The van der Waals surface area contributed by atoms with E-state index in [0.717, 1.165) is 43.8 Å². The Balaban J connectivity index is 1.55. The van der Waals surface area contributed by atoms with E-state index in [1.807, 2.05) is 12.1 Å². The fourth-order valence-electron chi connectivity index (χ4n) is 3.91. The molecule has 0 atom stereocenters. The largest absolute Gasteiger partial charge is 0.269 e. The molecule has 0 aliphatic rings. The maximum Gasteiger partial charge on any atom is 0.269 e. The molecular formula is C26H16N2O4. The first kappa shape index (κ1) is 19.4. The predicted molar refractivity (Wildman–Crippen MR) is 126 cm³/mol. The van der Waals surface area contributed by atoms with Crippen LogP contribution in [-0.4, -0.2) is 9.85 Å². The number of benzene rings is 5. The van der Waals surface area contributed by atoms with E-state index in [1.54, 1.807) is 24.3 Å². The molecule has 154 valence electrons. The van der Waals surface area contributed by atoms with Gasteiger partial charge in [0.25, 0.3) is 11.4 Å². The van der Waals surface area contributed by atoms with Gasteiger partial charge in [0.15, 0.2) is 0 Å². The number of nitro benzene ring substituents is 2. The first-order valence-electron chi connectivity index (χ1n) is 9.95. The molecule has 0 aliphatic carbocycles. The summed E-state index contributed by atoms with van der Waals surface area (Å²) in [6.45, 7) is 0. The van der Waals surface area contributed by atoms with Gasteiger partial charge in [0.2, 0.25) is 0 Å². The van der Waals surface area contributed by atoms with Crippen molar-refractivity contribution in [2.75, 3.05) is 0 Å². The van der Waals surface area contributed by atoms with Gasteiger partial charge in [-0.3, -0.25) is 20.2 Å². The number of hydrogen-bond acceptors (Lipinski definition) is 4. The van der Waals surface area contributed by atoms with Gasteiger partial charge in [-0.05, 0) is 92.3 Å². The zero-order valence-corrected chi connectivity index (χ0v) is 16.8. The number of hydrogen-bond donors (Lipinski definition) is 0. The van der Waals surface area contributed by atoms with Crippen LogP contribution < -0.4 is 0 Å². The summed E-state index contributed by atoms with van der Waals surface area (Å²) in [6, 6.07) is 29.6. The molecule has 0 heterocycles. The minimum atomic E-state index is -0.404. The van der Waals surface area contributed by atoms with Crippen LogP contribution in [0.4, 0.5) is 11.4 Å². The van der Waals surface area contributed by atoms with Crippen LogP contribution in [0.5, 0.6) is 0 Å². The monoisotopic (exact) mass is 420 g/mol. The first-order chi connectivity index (χ1) is 15.5. The molecule has 6 heteroatoms. The Hall–Kier alpha value is -4.58. The molecular weight excluding hydrogens is 404 g/mol. The Bertz CT molecular complexity index is 1400. The molecule has 0 bridgehead atoms. The summed E-state index contributed by atoms with van der Waals surface area (Å²) in [5.74, 6) is 0. The van der Waals surface area contributed by atoms with Crippen LogP contribution >= 0.6 is 0 Å². The van der Waals surface area contributed by atoms with E-state index >= 15 is 0 Å².